The lowest BCUT2D eigenvalue weighted by Crippen LogP contribution is -2.38. The summed E-state index contributed by atoms with van der Waals surface area (Å²) in [7, 11) is 1.81. The molecule has 10 heteroatoms. The molecule has 0 saturated carbocycles. The highest BCUT2D eigenvalue weighted by Crippen LogP contribution is 2.42. The van der Waals surface area contributed by atoms with Crippen LogP contribution < -0.4 is 5.32 Å². The van der Waals surface area contributed by atoms with Gasteiger partial charge in [-0.05, 0) is 27.1 Å². The Kier molecular flexibility index (Phi) is 7.94. The summed E-state index contributed by atoms with van der Waals surface area (Å²) in [5, 5.41) is 24.6. The fourth-order valence-electron chi connectivity index (χ4n) is 3.83. The predicted molar refractivity (Wildman–Crippen MR) is 126 cm³/mol. The summed E-state index contributed by atoms with van der Waals surface area (Å²) in [6.07, 6.45) is -0.840. The van der Waals surface area contributed by atoms with Crippen molar-refractivity contribution in [1.29, 1.82) is 0 Å². The highest BCUT2D eigenvalue weighted by atomic mass is 32.2. The molecule has 4 unspecified atom stereocenters. The van der Waals surface area contributed by atoms with Crippen LogP contribution in [0.2, 0.25) is 0 Å². The van der Waals surface area contributed by atoms with Crippen molar-refractivity contribution in [3.63, 3.8) is 0 Å². The number of nitrogens with one attached hydrogen (secondary N) is 1. The van der Waals surface area contributed by atoms with Gasteiger partial charge < -0.3 is 19.9 Å². The van der Waals surface area contributed by atoms with Crippen LogP contribution in [0.25, 0.3) is 0 Å². The van der Waals surface area contributed by atoms with E-state index in [2.05, 4.69) is 27.8 Å². The van der Waals surface area contributed by atoms with Crippen LogP contribution >= 0.6 is 11.8 Å². The van der Waals surface area contributed by atoms with Crippen LogP contribution in [0.4, 0.5) is 0 Å². The zero-order valence-corrected chi connectivity index (χ0v) is 20.2. The van der Waals surface area contributed by atoms with E-state index in [0.29, 0.717) is 12.3 Å². The van der Waals surface area contributed by atoms with E-state index in [0.717, 1.165) is 27.4 Å². The highest BCUT2D eigenvalue weighted by Gasteiger charge is 2.38. The van der Waals surface area contributed by atoms with E-state index in [1.165, 1.54) is 6.92 Å². The molecule has 34 heavy (non-hydrogen) atoms. The fraction of sp³-hybridized carbons (Fsp3) is 0.417. The van der Waals surface area contributed by atoms with E-state index in [4.69, 9.17) is 9.47 Å². The van der Waals surface area contributed by atoms with Crippen molar-refractivity contribution in [2.45, 2.75) is 50.7 Å². The van der Waals surface area contributed by atoms with Gasteiger partial charge in [0.1, 0.15) is 0 Å². The molecule has 1 aliphatic heterocycles. The smallest absolute Gasteiger partial charge is 0.217 e. The second kappa shape index (κ2) is 11.1. The van der Waals surface area contributed by atoms with Gasteiger partial charge in [0.25, 0.3) is 0 Å². The van der Waals surface area contributed by atoms with Gasteiger partial charge in [0.05, 0.1) is 18.8 Å². The van der Waals surface area contributed by atoms with Crippen LogP contribution in [0.5, 0.6) is 0 Å². The molecule has 9 nitrogen and oxygen atoms in total. The van der Waals surface area contributed by atoms with Gasteiger partial charge in [-0.15, -0.1) is 5.10 Å². The van der Waals surface area contributed by atoms with Crippen LogP contribution in [0.15, 0.2) is 53.7 Å². The number of aromatic nitrogens is 4. The third kappa shape index (κ3) is 5.82. The van der Waals surface area contributed by atoms with Crippen LogP contribution in [0.1, 0.15) is 48.5 Å². The van der Waals surface area contributed by atoms with Crippen molar-refractivity contribution in [2.24, 2.45) is 13.0 Å². The van der Waals surface area contributed by atoms with Gasteiger partial charge in [-0.2, -0.15) is 0 Å². The van der Waals surface area contributed by atoms with E-state index in [-0.39, 0.29) is 30.6 Å². The van der Waals surface area contributed by atoms with Gasteiger partial charge in [-0.25, -0.2) is 4.68 Å². The number of thioether (sulfide) groups is 1. The normalized spacial score (nSPS) is 22.5. The zero-order valence-electron chi connectivity index (χ0n) is 19.4. The molecule has 4 atom stereocenters. The second-order valence-corrected chi connectivity index (χ2v) is 9.36. The molecule has 0 spiro atoms. The minimum absolute atomic E-state index is 0.00291. The van der Waals surface area contributed by atoms with E-state index in [1.54, 1.807) is 16.4 Å². The number of aliphatic hydroxyl groups excluding tert-OH is 1. The standard InChI is InChI=1S/C24H29N5O4S/c1-15-21(14-34-24-26-27-28-29(24)3)32-23(20-10-4-17(5-11-20)12-25-16(2)31)33-22(15)19-8-6-18(13-30)7-9-19/h4-11,15,21-23,30H,12-14H2,1-3H3,(H,25,31). The first-order valence-electron chi connectivity index (χ1n) is 11.1. The molecule has 3 aromatic rings. The number of carbonyl (C=O) groups is 1. The molecule has 1 fully saturated rings. The lowest BCUT2D eigenvalue weighted by molar-refractivity contribution is -0.268. The molecule has 0 radical (unpaired) electrons. The number of nitrogens with zero attached hydrogens (tertiary/aromatic N) is 4. The van der Waals surface area contributed by atoms with Gasteiger partial charge in [0, 0.05) is 37.8 Å². The van der Waals surface area contributed by atoms with E-state index in [1.807, 2.05) is 55.6 Å². The van der Waals surface area contributed by atoms with Gasteiger partial charge >= 0.3 is 0 Å². The van der Waals surface area contributed by atoms with Gasteiger partial charge in [0.15, 0.2) is 6.29 Å². The quantitative estimate of drug-likeness (QED) is 0.471. The SMILES string of the molecule is CC(=O)NCc1ccc(C2OC(CSc3nnnn3C)C(C)C(c3ccc(CO)cc3)O2)cc1. The summed E-state index contributed by atoms with van der Waals surface area (Å²) in [6.45, 7) is 4.10. The minimum Gasteiger partial charge on any atom is -0.392 e. The maximum Gasteiger partial charge on any atom is 0.217 e. The number of carbonyl (C=O) groups excluding carboxylic acids is 1. The number of hydrogen-bond acceptors (Lipinski definition) is 8. The lowest BCUT2D eigenvalue weighted by Gasteiger charge is -2.41. The van der Waals surface area contributed by atoms with Crippen LogP contribution in [-0.2, 0) is 34.5 Å². The number of aryl methyl sites for hydroxylation is 1. The summed E-state index contributed by atoms with van der Waals surface area (Å²) >= 11 is 1.55. The van der Waals surface area contributed by atoms with E-state index in [9.17, 15) is 9.90 Å². The topological polar surface area (TPSA) is 111 Å². The second-order valence-electron chi connectivity index (χ2n) is 8.37. The number of amides is 1. The first-order chi connectivity index (χ1) is 16.4. The Labute approximate surface area is 202 Å². The molecular weight excluding hydrogens is 454 g/mol. The largest absolute Gasteiger partial charge is 0.392 e. The molecule has 2 heterocycles. The number of hydrogen-bond donors (Lipinski definition) is 2. The monoisotopic (exact) mass is 483 g/mol. The molecule has 2 N–H and O–H groups in total. The third-order valence-electron chi connectivity index (χ3n) is 5.87. The molecule has 4 rings (SSSR count). The summed E-state index contributed by atoms with van der Waals surface area (Å²) in [6, 6.07) is 15.7. The van der Waals surface area contributed by atoms with Gasteiger partial charge in [-0.3, -0.25) is 4.79 Å². The summed E-state index contributed by atoms with van der Waals surface area (Å²) in [5.41, 5.74) is 3.80. The minimum atomic E-state index is -0.545. The average Bonchev–Trinajstić information content (AvgIpc) is 3.27. The van der Waals surface area contributed by atoms with Crippen molar-refractivity contribution in [2.75, 3.05) is 5.75 Å². The fourth-order valence-corrected chi connectivity index (χ4v) is 4.84. The third-order valence-corrected chi connectivity index (χ3v) is 6.97. The number of aliphatic hydroxyl groups is 1. The summed E-state index contributed by atoms with van der Waals surface area (Å²) < 4.78 is 14.5. The molecule has 0 aliphatic carbocycles. The summed E-state index contributed by atoms with van der Waals surface area (Å²) in [5.74, 6) is 0.677. The van der Waals surface area contributed by atoms with Crippen LogP contribution in [0.3, 0.4) is 0 Å². The van der Waals surface area contributed by atoms with E-state index < -0.39 is 6.29 Å². The molecular formula is C24H29N5O4S. The molecule has 180 valence electrons. The van der Waals surface area contributed by atoms with E-state index >= 15 is 0 Å². The zero-order chi connectivity index (χ0) is 24.1. The highest BCUT2D eigenvalue weighted by molar-refractivity contribution is 7.99. The number of ether oxygens (including phenoxy) is 2. The predicted octanol–water partition coefficient (Wildman–Crippen LogP) is 2.92. The van der Waals surface area contributed by atoms with Crippen molar-refractivity contribution >= 4 is 17.7 Å². The van der Waals surface area contributed by atoms with Crippen molar-refractivity contribution in [3.05, 3.63) is 70.8 Å². The molecule has 0 bridgehead atoms. The molecule has 2 aromatic carbocycles. The maximum atomic E-state index is 11.2. The number of benzene rings is 2. The molecule has 1 saturated heterocycles. The Morgan fingerprint density at radius 1 is 1.09 bits per heavy atom. The molecule has 1 amide bonds. The first kappa shape index (κ1) is 24.3. The van der Waals surface area contributed by atoms with Crippen LogP contribution in [0, 0.1) is 5.92 Å². The lowest BCUT2D eigenvalue weighted by atomic mass is 9.91. The Morgan fingerprint density at radius 3 is 2.38 bits per heavy atom. The van der Waals surface area contributed by atoms with Gasteiger partial charge in [-0.1, -0.05) is 67.2 Å². The molecule has 1 aromatic heterocycles. The first-order valence-corrected chi connectivity index (χ1v) is 12.1. The average molecular weight is 484 g/mol. The van der Waals surface area contributed by atoms with Crippen molar-refractivity contribution in [1.82, 2.24) is 25.5 Å². The van der Waals surface area contributed by atoms with Crippen molar-refractivity contribution in [3.8, 4) is 0 Å². The van der Waals surface area contributed by atoms with Gasteiger partial charge in [0.2, 0.25) is 11.1 Å². The van der Waals surface area contributed by atoms with Crippen LogP contribution in [-0.4, -0.2) is 43.1 Å². The van der Waals surface area contributed by atoms with Crippen molar-refractivity contribution < 1.29 is 19.4 Å². The maximum absolute atomic E-state index is 11.2. The summed E-state index contributed by atoms with van der Waals surface area (Å²) in [4.78, 5) is 11.2. The number of tetrazole rings is 1. The Morgan fingerprint density at radius 2 is 1.76 bits per heavy atom. The number of rotatable bonds is 8. The molecule has 1 aliphatic rings. The Balaban J connectivity index is 1.55. The Bertz CT molecular complexity index is 1090. The Hall–Kier alpha value is -2.79.